The first kappa shape index (κ1) is 19.8. The monoisotopic (exact) mass is 363 g/mol. The fraction of sp³-hybridized carbons (Fsp3) is 0.474. The Hall–Kier alpha value is -2.54. The second-order valence-corrected chi connectivity index (χ2v) is 5.84. The molecule has 0 aliphatic heterocycles. The van der Waals surface area contributed by atoms with Gasteiger partial charge in [-0.1, -0.05) is 24.3 Å². The van der Waals surface area contributed by atoms with Gasteiger partial charge in [0.25, 0.3) is 5.09 Å². The van der Waals surface area contributed by atoms with Crippen LogP contribution in [-0.4, -0.2) is 39.1 Å². The summed E-state index contributed by atoms with van der Waals surface area (Å²) in [5, 5.41) is 11.3. The van der Waals surface area contributed by atoms with E-state index in [9.17, 15) is 10.1 Å². The molecular formula is C19H25NO6. The summed E-state index contributed by atoms with van der Waals surface area (Å²) >= 11 is 0. The summed E-state index contributed by atoms with van der Waals surface area (Å²) in [5.74, 6) is 1.74. The Morgan fingerprint density at radius 1 is 0.962 bits per heavy atom. The number of benzene rings is 2. The summed E-state index contributed by atoms with van der Waals surface area (Å²) < 4.78 is 16.8. The Kier molecular flexibility index (Phi) is 7.47. The van der Waals surface area contributed by atoms with E-state index in [1.165, 1.54) is 0 Å². The Labute approximate surface area is 152 Å². The zero-order valence-electron chi connectivity index (χ0n) is 15.4. The first-order chi connectivity index (χ1) is 12.6. The maximum absolute atomic E-state index is 10.0. The van der Waals surface area contributed by atoms with Crippen LogP contribution in [0.3, 0.4) is 0 Å². The van der Waals surface area contributed by atoms with Crippen LogP contribution < -0.4 is 9.47 Å². The number of rotatable bonds is 11. The van der Waals surface area contributed by atoms with Crippen LogP contribution in [0, 0.1) is 17.0 Å². The normalized spacial score (nSPS) is 10.7. The molecule has 0 unspecified atom stereocenters. The molecule has 2 aromatic carbocycles. The van der Waals surface area contributed by atoms with E-state index in [0.717, 1.165) is 46.2 Å². The van der Waals surface area contributed by atoms with Crippen LogP contribution in [0.4, 0.5) is 0 Å². The van der Waals surface area contributed by atoms with E-state index in [2.05, 4.69) is 4.84 Å². The molecule has 2 aromatic rings. The average Bonchev–Trinajstić information content (AvgIpc) is 2.63. The minimum absolute atomic E-state index is 0.0573. The van der Waals surface area contributed by atoms with Crippen molar-refractivity contribution in [2.45, 2.75) is 26.2 Å². The molecule has 26 heavy (non-hydrogen) atoms. The zero-order chi connectivity index (χ0) is 18.9. The number of fused-ring (bicyclic) bond motifs is 1. The highest BCUT2D eigenvalue weighted by molar-refractivity contribution is 5.96. The third-order valence-corrected chi connectivity index (χ3v) is 4.24. The second kappa shape index (κ2) is 9.82. The van der Waals surface area contributed by atoms with Gasteiger partial charge in [-0.25, -0.2) is 0 Å². The Bertz CT molecular complexity index is 746. The van der Waals surface area contributed by atoms with Crippen molar-refractivity contribution in [1.82, 2.24) is 0 Å². The quantitative estimate of drug-likeness (QED) is 0.344. The molecule has 0 saturated carbocycles. The smallest absolute Gasteiger partial charge is 0.294 e. The zero-order valence-corrected chi connectivity index (χ0v) is 15.4. The second-order valence-electron chi connectivity index (χ2n) is 5.84. The van der Waals surface area contributed by atoms with Gasteiger partial charge in [-0.3, -0.25) is 0 Å². The number of nitrogens with zero attached hydrogens (tertiary/aromatic N) is 1. The molecule has 0 heterocycles. The van der Waals surface area contributed by atoms with Gasteiger partial charge in [-0.05, 0) is 31.7 Å². The van der Waals surface area contributed by atoms with Crippen LogP contribution in [0.2, 0.25) is 0 Å². The van der Waals surface area contributed by atoms with E-state index >= 15 is 0 Å². The van der Waals surface area contributed by atoms with E-state index in [-0.39, 0.29) is 6.61 Å². The largest absolute Gasteiger partial charge is 0.496 e. The highest BCUT2D eigenvalue weighted by atomic mass is 16.9. The van der Waals surface area contributed by atoms with E-state index in [1.807, 2.05) is 31.2 Å². The summed E-state index contributed by atoms with van der Waals surface area (Å²) in [6.45, 7) is 3.10. The van der Waals surface area contributed by atoms with Crippen molar-refractivity contribution in [1.29, 1.82) is 0 Å². The lowest BCUT2D eigenvalue weighted by Crippen LogP contribution is -2.07. The van der Waals surface area contributed by atoms with Crippen molar-refractivity contribution >= 4 is 10.8 Å². The van der Waals surface area contributed by atoms with Gasteiger partial charge in [0, 0.05) is 29.5 Å². The molecule has 0 aliphatic carbocycles. The van der Waals surface area contributed by atoms with Crippen molar-refractivity contribution in [3.05, 3.63) is 45.5 Å². The van der Waals surface area contributed by atoms with Gasteiger partial charge < -0.3 is 19.0 Å². The molecule has 2 rings (SSSR count). The molecule has 7 heteroatoms. The van der Waals surface area contributed by atoms with Gasteiger partial charge in [0.05, 0.1) is 20.8 Å². The van der Waals surface area contributed by atoms with E-state index in [0.29, 0.717) is 19.6 Å². The van der Waals surface area contributed by atoms with Gasteiger partial charge in [-0.2, -0.15) is 0 Å². The topological polar surface area (TPSA) is 80.1 Å². The first-order valence-electron chi connectivity index (χ1n) is 8.57. The fourth-order valence-electron chi connectivity index (χ4n) is 3.10. The number of ether oxygens (including phenoxy) is 3. The first-order valence-corrected chi connectivity index (χ1v) is 8.57. The summed E-state index contributed by atoms with van der Waals surface area (Å²) in [6.07, 6.45) is 2.10. The predicted molar refractivity (Wildman–Crippen MR) is 98.5 cm³/mol. The maximum atomic E-state index is 10.0. The van der Waals surface area contributed by atoms with E-state index in [1.54, 1.807) is 14.2 Å². The molecule has 0 saturated heterocycles. The van der Waals surface area contributed by atoms with Crippen LogP contribution in [0.25, 0.3) is 10.8 Å². The van der Waals surface area contributed by atoms with Crippen molar-refractivity contribution in [2.75, 3.05) is 34.0 Å². The number of hydrogen-bond donors (Lipinski definition) is 0. The van der Waals surface area contributed by atoms with Crippen LogP contribution in [0.1, 0.15) is 24.0 Å². The third-order valence-electron chi connectivity index (χ3n) is 4.24. The van der Waals surface area contributed by atoms with Crippen LogP contribution in [0.15, 0.2) is 24.3 Å². The molecule has 0 bridgehead atoms. The Morgan fingerprint density at radius 3 is 2.19 bits per heavy atom. The lowest BCUT2D eigenvalue weighted by molar-refractivity contribution is -0.757. The van der Waals surface area contributed by atoms with E-state index in [4.69, 9.17) is 14.2 Å². The van der Waals surface area contributed by atoms with Gasteiger partial charge >= 0.3 is 0 Å². The van der Waals surface area contributed by atoms with Crippen molar-refractivity contribution in [2.24, 2.45) is 0 Å². The summed E-state index contributed by atoms with van der Waals surface area (Å²) in [7, 11) is 3.37. The van der Waals surface area contributed by atoms with Gasteiger partial charge in [-0.15, -0.1) is 10.1 Å². The number of methoxy groups -OCH3 is 2. The van der Waals surface area contributed by atoms with Crippen LogP contribution in [0.5, 0.6) is 11.5 Å². The van der Waals surface area contributed by atoms with Gasteiger partial charge in [0.15, 0.2) is 0 Å². The molecule has 0 aliphatic rings. The average molecular weight is 363 g/mol. The summed E-state index contributed by atoms with van der Waals surface area (Å²) in [5.41, 5.74) is 2.19. The van der Waals surface area contributed by atoms with Crippen molar-refractivity contribution in [3.8, 4) is 11.5 Å². The molecule has 142 valence electrons. The van der Waals surface area contributed by atoms with Crippen LogP contribution >= 0.6 is 0 Å². The number of hydrogen-bond acceptors (Lipinski definition) is 6. The summed E-state index contributed by atoms with van der Waals surface area (Å²) in [4.78, 5) is 14.3. The molecule has 0 radical (unpaired) electrons. The Balaban J connectivity index is 2.00. The molecule has 7 nitrogen and oxygen atoms in total. The molecular weight excluding hydrogens is 338 g/mol. The highest BCUT2D eigenvalue weighted by Crippen LogP contribution is 2.40. The minimum Gasteiger partial charge on any atom is -0.496 e. The summed E-state index contributed by atoms with van der Waals surface area (Å²) in [6, 6.07) is 8.04. The molecule has 0 spiro atoms. The third kappa shape index (κ3) is 4.76. The SMILES string of the molecule is COc1c(C)c(CCCOCCCO[N+](=O)[O-])c(OC)c2ccccc12. The molecule has 0 atom stereocenters. The van der Waals surface area contributed by atoms with Gasteiger partial charge in [0.1, 0.15) is 11.5 Å². The van der Waals surface area contributed by atoms with Gasteiger partial charge in [0.2, 0.25) is 0 Å². The van der Waals surface area contributed by atoms with Crippen LogP contribution in [-0.2, 0) is 16.0 Å². The molecule has 0 fully saturated rings. The van der Waals surface area contributed by atoms with Crippen molar-refractivity contribution in [3.63, 3.8) is 0 Å². The van der Waals surface area contributed by atoms with E-state index < -0.39 is 5.09 Å². The Morgan fingerprint density at radius 2 is 1.58 bits per heavy atom. The molecule has 0 amide bonds. The molecule has 0 N–H and O–H groups in total. The molecule has 0 aromatic heterocycles. The van der Waals surface area contributed by atoms with Crippen molar-refractivity contribution < 1.29 is 24.1 Å². The lowest BCUT2D eigenvalue weighted by atomic mass is 9.95. The maximum Gasteiger partial charge on any atom is 0.294 e. The lowest BCUT2D eigenvalue weighted by Gasteiger charge is -2.19. The predicted octanol–water partition coefficient (Wildman–Crippen LogP) is 3.71. The standard InChI is InChI=1S/C19H25NO6/c1-14-15(10-6-11-25-12-7-13-26-20(21)22)19(24-3)17-9-5-4-8-16(17)18(14)23-2/h4-5,8-9H,6-7,10-13H2,1-3H3. The minimum atomic E-state index is -0.790. The fourth-order valence-corrected chi connectivity index (χ4v) is 3.10. The highest BCUT2D eigenvalue weighted by Gasteiger charge is 2.17.